The van der Waals surface area contributed by atoms with E-state index in [1.165, 1.54) is 0 Å². The van der Waals surface area contributed by atoms with Gasteiger partial charge in [0.15, 0.2) is 5.75 Å². The molecule has 0 aliphatic rings. The lowest BCUT2D eigenvalue weighted by atomic mass is 10.3. The summed E-state index contributed by atoms with van der Waals surface area (Å²) in [6.45, 7) is 0. The Kier molecular flexibility index (Phi) is 2.47. The summed E-state index contributed by atoms with van der Waals surface area (Å²) in [6.07, 6.45) is 0. The molecule has 0 aliphatic carbocycles. The second-order valence-electron chi connectivity index (χ2n) is 1.82. The van der Waals surface area contributed by atoms with E-state index >= 15 is 0 Å². The average molecular weight is 215 g/mol. The molecule has 0 aliphatic heterocycles. The molecule has 0 saturated heterocycles. The highest BCUT2D eigenvalue weighted by Crippen LogP contribution is 2.38. The van der Waals surface area contributed by atoms with E-state index in [-0.39, 0.29) is 10.0 Å². The minimum atomic E-state index is -0.793. The summed E-state index contributed by atoms with van der Waals surface area (Å²) in [5, 5.41) is 8.36. The van der Waals surface area contributed by atoms with Gasteiger partial charge in [-0.3, -0.25) is 0 Å². The Labute approximate surface area is 77.3 Å². The molecule has 0 fully saturated rings. The van der Waals surface area contributed by atoms with E-state index in [1.54, 1.807) is 0 Å². The number of aromatic hydroxyl groups is 1. The smallest absolute Gasteiger partial charge is 0.157 e. The van der Waals surface area contributed by atoms with Gasteiger partial charge < -0.3 is 5.11 Å². The van der Waals surface area contributed by atoms with Gasteiger partial charge in [0.1, 0.15) is 15.9 Å². The first-order valence-electron chi connectivity index (χ1n) is 2.56. The zero-order valence-corrected chi connectivity index (χ0v) is 7.30. The molecular formula is C6H2Cl3FO. The maximum absolute atomic E-state index is 12.6. The highest BCUT2D eigenvalue weighted by molar-refractivity contribution is 6.44. The molecule has 0 amide bonds. The summed E-state index contributed by atoms with van der Waals surface area (Å²) in [5.74, 6) is -1.32. The molecule has 60 valence electrons. The van der Waals surface area contributed by atoms with E-state index in [1.807, 2.05) is 0 Å². The molecule has 1 aromatic rings. The van der Waals surface area contributed by atoms with Crippen molar-refractivity contribution < 1.29 is 9.50 Å². The summed E-state index contributed by atoms with van der Waals surface area (Å²) in [7, 11) is 0. The molecular weight excluding hydrogens is 213 g/mol. The van der Waals surface area contributed by atoms with Crippen LogP contribution >= 0.6 is 34.8 Å². The summed E-state index contributed by atoms with van der Waals surface area (Å²) >= 11 is 16.1. The lowest BCUT2D eigenvalue weighted by Gasteiger charge is -2.01. The molecule has 0 radical (unpaired) electrons. The number of rotatable bonds is 0. The molecule has 1 rings (SSSR count). The zero-order valence-electron chi connectivity index (χ0n) is 5.04. The van der Waals surface area contributed by atoms with Crippen LogP contribution in [0.3, 0.4) is 0 Å². The largest absolute Gasteiger partial charge is 0.505 e. The Bertz CT molecular complexity index is 274. The van der Waals surface area contributed by atoms with E-state index in [0.29, 0.717) is 0 Å². The fourth-order valence-electron chi connectivity index (χ4n) is 0.561. The van der Waals surface area contributed by atoms with Crippen molar-refractivity contribution in [2.75, 3.05) is 0 Å². The fraction of sp³-hybridized carbons (Fsp3) is 0. The molecule has 1 N–H and O–H groups in total. The van der Waals surface area contributed by atoms with Crippen molar-refractivity contribution in [3.05, 3.63) is 27.0 Å². The topological polar surface area (TPSA) is 20.2 Å². The number of phenols is 1. The van der Waals surface area contributed by atoms with Gasteiger partial charge in [-0.1, -0.05) is 34.8 Å². The van der Waals surface area contributed by atoms with Gasteiger partial charge in [-0.05, 0) is 6.07 Å². The monoisotopic (exact) mass is 214 g/mol. The number of benzene rings is 1. The van der Waals surface area contributed by atoms with Gasteiger partial charge in [-0.25, -0.2) is 4.39 Å². The van der Waals surface area contributed by atoms with E-state index in [9.17, 15) is 4.39 Å². The van der Waals surface area contributed by atoms with E-state index in [2.05, 4.69) is 0 Å². The molecule has 0 bridgehead atoms. The minimum absolute atomic E-state index is 0.0638. The molecule has 0 atom stereocenters. The maximum Gasteiger partial charge on any atom is 0.157 e. The highest BCUT2D eigenvalue weighted by Gasteiger charge is 2.12. The summed E-state index contributed by atoms with van der Waals surface area (Å²) in [6, 6.07) is 0.936. The number of hydrogen-bond acceptors (Lipinski definition) is 1. The number of halogens is 4. The van der Waals surface area contributed by atoms with Crippen LogP contribution in [0.5, 0.6) is 5.75 Å². The summed E-state index contributed by atoms with van der Waals surface area (Å²) in [4.78, 5) is 0. The van der Waals surface area contributed by atoms with Crippen molar-refractivity contribution in [2.24, 2.45) is 0 Å². The van der Waals surface area contributed by atoms with Crippen LogP contribution in [0.2, 0.25) is 15.1 Å². The van der Waals surface area contributed by atoms with Gasteiger partial charge in [0.2, 0.25) is 0 Å². The quantitative estimate of drug-likeness (QED) is 0.657. The third-order valence-corrected chi connectivity index (χ3v) is 2.23. The standard InChI is InChI=1S/C6H2Cl3FO/c7-2-1-3(10)5(9)6(11)4(2)8/h1,11H. The summed E-state index contributed by atoms with van der Waals surface area (Å²) < 4.78 is 12.6. The second-order valence-corrected chi connectivity index (χ2v) is 2.98. The molecule has 1 nitrogen and oxygen atoms in total. The van der Waals surface area contributed by atoms with Crippen LogP contribution in [-0.4, -0.2) is 5.11 Å². The molecule has 0 unspecified atom stereocenters. The second kappa shape index (κ2) is 3.05. The maximum atomic E-state index is 12.6. The first-order valence-corrected chi connectivity index (χ1v) is 3.69. The molecule has 11 heavy (non-hydrogen) atoms. The van der Waals surface area contributed by atoms with E-state index < -0.39 is 16.6 Å². The van der Waals surface area contributed by atoms with Crippen molar-refractivity contribution in [3.63, 3.8) is 0 Å². The Morgan fingerprint density at radius 3 is 2.27 bits per heavy atom. The van der Waals surface area contributed by atoms with Crippen LogP contribution in [0.4, 0.5) is 4.39 Å². The molecule has 0 aromatic heterocycles. The van der Waals surface area contributed by atoms with Crippen molar-refractivity contribution >= 4 is 34.8 Å². The zero-order chi connectivity index (χ0) is 8.59. The third kappa shape index (κ3) is 1.53. The minimum Gasteiger partial charge on any atom is -0.505 e. The first kappa shape index (κ1) is 8.91. The SMILES string of the molecule is Oc1c(Cl)c(F)cc(Cl)c1Cl. The third-order valence-electron chi connectivity index (χ3n) is 1.09. The number of phenolic OH excluding ortho intramolecular Hbond substituents is 1. The normalized spacial score (nSPS) is 10.2. The Balaban J connectivity index is 3.46. The fourth-order valence-corrected chi connectivity index (χ4v) is 1.09. The van der Waals surface area contributed by atoms with Gasteiger partial charge >= 0.3 is 0 Å². The Morgan fingerprint density at radius 1 is 1.18 bits per heavy atom. The van der Waals surface area contributed by atoms with Crippen LogP contribution in [0.25, 0.3) is 0 Å². The lowest BCUT2D eigenvalue weighted by Crippen LogP contribution is -1.79. The van der Waals surface area contributed by atoms with Crippen LogP contribution in [-0.2, 0) is 0 Å². The molecule has 0 saturated carbocycles. The van der Waals surface area contributed by atoms with Gasteiger partial charge in [-0.15, -0.1) is 0 Å². The Hall–Kier alpha value is -0.180. The molecule has 5 heteroatoms. The van der Waals surface area contributed by atoms with Crippen LogP contribution in [0, 0.1) is 5.82 Å². The van der Waals surface area contributed by atoms with Crippen molar-refractivity contribution in [2.45, 2.75) is 0 Å². The van der Waals surface area contributed by atoms with E-state index in [0.717, 1.165) is 6.07 Å². The molecule has 0 heterocycles. The van der Waals surface area contributed by atoms with Gasteiger partial charge in [-0.2, -0.15) is 0 Å². The Morgan fingerprint density at radius 2 is 1.73 bits per heavy atom. The van der Waals surface area contributed by atoms with E-state index in [4.69, 9.17) is 39.9 Å². The van der Waals surface area contributed by atoms with Gasteiger partial charge in [0, 0.05) is 0 Å². The highest BCUT2D eigenvalue weighted by atomic mass is 35.5. The first-order chi connectivity index (χ1) is 5.04. The van der Waals surface area contributed by atoms with Crippen LogP contribution < -0.4 is 0 Å². The van der Waals surface area contributed by atoms with Crippen LogP contribution in [0.15, 0.2) is 6.07 Å². The van der Waals surface area contributed by atoms with Crippen molar-refractivity contribution in [3.8, 4) is 5.75 Å². The van der Waals surface area contributed by atoms with Gasteiger partial charge in [0.05, 0.1) is 5.02 Å². The predicted octanol–water partition coefficient (Wildman–Crippen LogP) is 3.49. The van der Waals surface area contributed by atoms with Crippen molar-refractivity contribution in [1.82, 2.24) is 0 Å². The number of hydrogen-bond donors (Lipinski definition) is 1. The van der Waals surface area contributed by atoms with Crippen LogP contribution in [0.1, 0.15) is 0 Å². The summed E-state index contributed by atoms with van der Waals surface area (Å²) in [5.41, 5.74) is 0. The van der Waals surface area contributed by atoms with Gasteiger partial charge in [0.25, 0.3) is 0 Å². The molecule has 1 aromatic carbocycles. The lowest BCUT2D eigenvalue weighted by molar-refractivity contribution is 0.470. The average Bonchev–Trinajstić information content (AvgIpc) is 1.97. The van der Waals surface area contributed by atoms with Crippen molar-refractivity contribution in [1.29, 1.82) is 0 Å². The molecule has 0 spiro atoms. The predicted molar refractivity (Wildman–Crippen MR) is 43.1 cm³/mol.